The highest BCUT2D eigenvalue weighted by atomic mass is 79.9. The second kappa shape index (κ2) is 6.01. The van der Waals surface area contributed by atoms with Gasteiger partial charge in [0.1, 0.15) is 6.54 Å². The molecule has 124 valence electrons. The standard InChI is InChI=1S/C20H15BrN2O2/c1-12-10-14(8-9-16(12)21)22-18(24)11-23-17-7-3-5-13-4-2-6-15(19(13)17)20(23)25/h2-10H,11H2,1H3,(H,22,24). The first-order valence-electron chi connectivity index (χ1n) is 7.94. The van der Waals surface area contributed by atoms with Gasteiger partial charge in [0.15, 0.2) is 0 Å². The van der Waals surface area contributed by atoms with E-state index in [1.54, 1.807) is 4.90 Å². The predicted molar refractivity (Wildman–Crippen MR) is 103 cm³/mol. The van der Waals surface area contributed by atoms with Crippen molar-refractivity contribution < 1.29 is 9.59 Å². The van der Waals surface area contributed by atoms with Gasteiger partial charge in [-0.15, -0.1) is 0 Å². The Morgan fingerprint density at radius 3 is 2.64 bits per heavy atom. The van der Waals surface area contributed by atoms with Crippen LogP contribution in [0.25, 0.3) is 10.8 Å². The van der Waals surface area contributed by atoms with E-state index in [2.05, 4.69) is 21.2 Å². The number of amides is 2. The molecule has 3 aromatic rings. The number of carbonyl (C=O) groups excluding carboxylic acids is 2. The maximum Gasteiger partial charge on any atom is 0.259 e. The topological polar surface area (TPSA) is 49.4 Å². The molecule has 4 rings (SSSR count). The molecule has 0 aliphatic carbocycles. The van der Waals surface area contributed by atoms with E-state index in [-0.39, 0.29) is 18.4 Å². The van der Waals surface area contributed by atoms with Gasteiger partial charge in [-0.25, -0.2) is 0 Å². The Kier molecular flexibility index (Phi) is 3.81. The fourth-order valence-electron chi connectivity index (χ4n) is 3.20. The summed E-state index contributed by atoms with van der Waals surface area (Å²) >= 11 is 3.44. The maximum atomic E-state index is 12.7. The normalized spacial score (nSPS) is 12.7. The van der Waals surface area contributed by atoms with Crippen molar-refractivity contribution in [1.29, 1.82) is 0 Å². The number of rotatable bonds is 3. The molecule has 0 fully saturated rings. The third-order valence-electron chi connectivity index (χ3n) is 4.39. The van der Waals surface area contributed by atoms with Crippen molar-refractivity contribution in [1.82, 2.24) is 0 Å². The molecule has 0 aromatic heterocycles. The SMILES string of the molecule is Cc1cc(NC(=O)CN2C(=O)c3cccc4cccc2c34)ccc1Br. The molecule has 1 aliphatic rings. The van der Waals surface area contributed by atoms with Crippen molar-refractivity contribution in [3.8, 4) is 0 Å². The first-order chi connectivity index (χ1) is 12.0. The highest BCUT2D eigenvalue weighted by molar-refractivity contribution is 9.10. The van der Waals surface area contributed by atoms with Gasteiger partial charge in [0.05, 0.1) is 5.69 Å². The molecule has 4 nitrogen and oxygen atoms in total. The molecule has 0 spiro atoms. The highest BCUT2D eigenvalue weighted by Crippen LogP contribution is 2.36. The Labute approximate surface area is 153 Å². The molecule has 0 bridgehead atoms. The average Bonchev–Trinajstić information content (AvgIpc) is 2.86. The van der Waals surface area contributed by atoms with Gasteiger partial charge in [-0.1, -0.05) is 40.2 Å². The fourth-order valence-corrected chi connectivity index (χ4v) is 3.45. The Hall–Kier alpha value is -2.66. The molecular formula is C20H15BrN2O2. The van der Waals surface area contributed by atoms with E-state index in [0.717, 1.165) is 26.5 Å². The molecule has 0 radical (unpaired) electrons. The zero-order chi connectivity index (χ0) is 17.6. The number of benzene rings is 3. The van der Waals surface area contributed by atoms with Gasteiger partial charge < -0.3 is 5.32 Å². The van der Waals surface area contributed by atoms with Gasteiger partial charge >= 0.3 is 0 Å². The van der Waals surface area contributed by atoms with Gasteiger partial charge in [-0.3, -0.25) is 14.5 Å². The van der Waals surface area contributed by atoms with Crippen LogP contribution in [0.15, 0.2) is 59.1 Å². The van der Waals surface area contributed by atoms with E-state index in [0.29, 0.717) is 11.3 Å². The van der Waals surface area contributed by atoms with E-state index < -0.39 is 0 Å². The number of hydrogen-bond acceptors (Lipinski definition) is 2. The van der Waals surface area contributed by atoms with Crippen molar-refractivity contribution in [3.63, 3.8) is 0 Å². The van der Waals surface area contributed by atoms with Crippen molar-refractivity contribution in [2.75, 3.05) is 16.8 Å². The summed E-state index contributed by atoms with van der Waals surface area (Å²) in [7, 11) is 0. The first kappa shape index (κ1) is 15.8. The van der Waals surface area contributed by atoms with Crippen LogP contribution in [0.2, 0.25) is 0 Å². The van der Waals surface area contributed by atoms with Crippen molar-refractivity contribution in [2.24, 2.45) is 0 Å². The van der Waals surface area contributed by atoms with Gasteiger partial charge in [-0.05, 0) is 48.2 Å². The second-order valence-electron chi connectivity index (χ2n) is 6.08. The highest BCUT2D eigenvalue weighted by Gasteiger charge is 2.30. The summed E-state index contributed by atoms with van der Waals surface area (Å²) in [4.78, 5) is 26.7. The Balaban J connectivity index is 1.59. The summed E-state index contributed by atoms with van der Waals surface area (Å²) in [5, 5.41) is 4.79. The zero-order valence-corrected chi connectivity index (χ0v) is 15.1. The molecule has 0 unspecified atom stereocenters. The second-order valence-corrected chi connectivity index (χ2v) is 6.94. The summed E-state index contributed by atoms with van der Waals surface area (Å²) in [6, 6.07) is 17.0. The zero-order valence-electron chi connectivity index (χ0n) is 13.5. The van der Waals surface area contributed by atoms with Crippen LogP contribution in [0, 0.1) is 6.92 Å². The van der Waals surface area contributed by atoms with Crippen molar-refractivity contribution in [2.45, 2.75) is 6.92 Å². The summed E-state index contributed by atoms with van der Waals surface area (Å²) in [6.07, 6.45) is 0. The van der Waals surface area contributed by atoms with Crippen LogP contribution in [-0.2, 0) is 4.79 Å². The number of anilines is 2. The van der Waals surface area contributed by atoms with Gasteiger partial charge in [0.2, 0.25) is 5.91 Å². The first-order valence-corrected chi connectivity index (χ1v) is 8.73. The summed E-state index contributed by atoms with van der Waals surface area (Å²) < 4.78 is 0.988. The van der Waals surface area contributed by atoms with Crippen LogP contribution in [0.4, 0.5) is 11.4 Å². The smallest absolute Gasteiger partial charge is 0.259 e. The van der Waals surface area contributed by atoms with Crippen molar-refractivity contribution in [3.05, 3.63) is 70.2 Å². The van der Waals surface area contributed by atoms with E-state index >= 15 is 0 Å². The lowest BCUT2D eigenvalue weighted by Gasteiger charge is -2.17. The molecular weight excluding hydrogens is 380 g/mol. The largest absolute Gasteiger partial charge is 0.325 e. The van der Waals surface area contributed by atoms with Gasteiger partial charge in [0.25, 0.3) is 5.91 Å². The third-order valence-corrected chi connectivity index (χ3v) is 5.28. The number of halogens is 1. The molecule has 0 atom stereocenters. The summed E-state index contributed by atoms with van der Waals surface area (Å²) in [6.45, 7) is 1.95. The number of nitrogens with one attached hydrogen (secondary N) is 1. The molecule has 1 N–H and O–H groups in total. The molecule has 25 heavy (non-hydrogen) atoms. The van der Waals surface area contributed by atoms with Crippen LogP contribution in [0.3, 0.4) is 0 Å². The summed E-state index contributed by atoms with van der Waals surface area (Å²) in [5.41, 5.74) is 3.20. The van der Waals surface area contributed by atoms with Gasteiger partial charge in [-0.2, -0.15) is 0 Å². The number of aryl methyl sites for hydroxylation is 1. The monoisotopic (exact) mass is 394 g/mol. The molecule has 1 aliphatic heterocycles. The fraction of sp³-hybridized carbons (Fsp3) is 0.100. The molecule has 3 aromatic carbocycles. The van der Waals surface area contributed by atoms with E-state index in [4.69, 9.17) is 0 Å². The van der Waals surface area contributed by atoms with Crippen LogP contribution in [0.5, 0.6) is 0 Å². The van der Waals surface area contributed by atoms with E-state index in [9.17, 15) is 9.59 Å². The number of carbonyl (C=O) groups is 2. The Morgan fingerprint density at radius 2 is 1.88 bits per heavy atom. The Morgan fingerprint density at radius 1 is 1.12 bits per heavy atom. The summed E-state index contributed by atoms with van der Waals surface area (Å²) in [5.74, 6) is -0.353. The minimum Gasteiger partial charge on any atom is -0.325 e. The van der Waals surface area contributed by atoms with Crippen LogP contribution >= 0.6 is 15.9 Å². The lowest BCUT2D eigenvalue weighted by molar-refractivity contribution is -0.114. The molecule has 2 amide bonds. The quantitative estimate of drug-likeness (QED) is 0.710. The number of nitrogens with zero attached hydrogens (tertiary/aromatic N) is 1. The molecule has 1 heterocycles. The van der Waals surface area contributed by atoms with Crippen molar-refractivity contribution >= 4 is 49.9 Å². The average molecular weight is 395 g/mol. The third kappa shape index (κ3) is 2.70. The predicted octanol–water partition coefficient (Wildman–Crippen LogP) is 4.51. The minimum absolute atomic E-state index is 0.0122. The molecule has 0 saturated carbocycles. The van der Waals surface area contributed by atoms with Crippen LogP contribution in [-0.4, -0.2) is 18.4 Å². The van der Waals surface area contributed by atoms with Crippen LogP contribution < -0.4 is 10.2 Å². The lowest BCUT2D eigenvalue weighted by Crippen LogP contribution is -2.35. The maximum absolute atomic E-state index is 12.7. The van der Waals surface area contributed by atoms with E-state index in [1.807, 2.05) is 61.5 Å². The minimum atomic E-state index is -0.222. The molecule has 5 heteroatoms. The van der Waals surface area contributed by atoms with E-state index in [1.165, 1.54) is 0 Å². The Bertz CT molecular complexity index is 1020. The molecule has 0 saturated heterocycles. The number of hydrogen-bond donors (Lipinski definition) is 1. The van der Waals surface area contributed by atoms with Crippen LogP contribution in [0.1, 0.15) is 15.9 Å². The lowest BCUT2D eigenvalue weighted by atomic mass is 10.1. The van der Waals surface area contributed by atoms with Gasteiger partial charge in [0, 0.05) is 21.1 Å².